The molecule has 6 heteroatoms. The number of amides is 3. The van der Waals surface area contributed by atoms with Crippen molar-refractivity contribution in [3.05, 3.63) is 41.5 Å². The number of urea groups is 1. The Morgan fingerprint density at radius 1 is 1.27 bits per heavy atom. The molecule has 1 N–H and O–H groups in total. The highest BCUT2D eigenvalue weighted by Gasteiger charge is 2.37. The Balaban J connectivity index is 2.69. The van der Waals surface area contributed by atoms with Gasteiger partial charge in [-0.2, -0.15) is 0 Å². The van der Waals surface area contributed by atoms with E-state index in [4.69, 9.17) is 4.74 Å². The van der Waals surface area contributed by atoms with Crippen LogP contribution in [0.1, 0.15) is 26.3 Å². The van der Waals surface area contributed by atoms with Crippen LogP contribution < -0.4 is 5.32 Å². The Labute approximate surface area is 128 Å². The van der Waals surface area contributed by atoms with Crippen LogP contribution in [0.2, 0.25) is 0 Å². The molecule has 1 aromatic rings. The van der Waals surface area contributed by atoms with E-state index in [9.17, 15) is 14.4 Å². The molecule has 0 aliphatic carbocycles. The molecule has 3 amide bonds. The van der Waals surface area contributed by atoms with Gasteiger partial charge in [0.25, 0.3) is 0 Å². The van der Waals surface area contributed by atoms with Crippen molar-refractivity contribution in [3.8, 4) is 0 Å². The maximum Gasteiger partial charge on any atom is 0.338 e. The SMILES string of the molecule is CCOC(=O)C1=C(c2ccccc2)N(C(C)=O)C(=O)NC1C. The van der Waals surface area contributed by atoms with Gasteiger partial charge in [0, 0.05) is 6.92 Å². The first-order valence-electron chi connectivity index (χ1n) is 7.05. The zero-order valence-electron chi connectivity index (χ0n) is 12.8. The largest absolute Gasteiger partial charge is 0.463 e. The zero-order chi connectivity index (χ0) is 16.3. The van der Waals surface area contributed by atoms with Gasteiger partial charge in [-0.05, 0) is 19.4 Å². The Bertz CT molecular complexity index is 637. The fourth-order valence-corrected chi connectivity index (χ4v) is 2.41. The molecule has 1 aliphatic rings. The predicted molar refractivity (Wildman–Crippen MR) is 80.5 cm³/mol. The van der Waals surface area contributed by atoms with Gasteiger partial charge in [0.05, 0.1) is 23.9 Å². The van der Waals surface area contributed by atoms with E-state index in [-0.39, 0.29) is 17.9 Å². The number of rotatable bonds is 3. The molecule has 1 aromatic carbocycles. The number of hydrogen-bond donors (Lipinski definition) is 1. The number of hydrogen-bond acceptors (Lipinski definition) is 4. The van der Waals surface area contributed by atoms with Gasteiger partial charge in [-0.25, -0.2) is 14.5 Å². The number of carbonyl (C=O) groups is 3. The van der Waals surface area contributed by atoms with Gasteiger partial charge in [-0.1, -0.05) is 30.3 Å². The summed E-state index contributed by atoms with van der Waals surface area (Å²) >= 11 is 0. The van der Waals surface area contributed by atoms with Crippen LogP contribution in [0.5, 0.6) is 0 Å². The normalized spacial score (nSPS) is 18.0. The van der Waals surface area contributed by atoms with Crippen LogP contribution in [0, 0.1) is 0 Å². The lowest BCUT2D eigenvalue weighted by Gasteiger charge is -2.33. The van der Waals surface area contributed by atoms with E-state index in [2.05, 4.69) is 5.32 Å². The summed E-state index contributed by atoms with van der Waals surface area (Å²) in [4.78, 5) is 37.3. The highest BCUT2D eigenvalue weighted by molar-refractivity contribution is 6.11. The quantitative estimate of drug-likeness (QED) is 0.866. The average molecular weight is 302 g/mol. The van der Waals surface area contributed by atoms with Gasteiger partial charge >= 0.3 is 12.0 Å². The lowest BCUT2D eigenvalue weighted by atomic mass is 9.97. The summed E-state index contributed by atoms with van der Waals surface area (Å²) in [6.07, 6.45) is 0. The van der Waals surface area contributed by atoms with Gasteiger partial charge in [0.15, 0.2) is 0 Å². The summed E-state index contributed by atoms with van der Waals surface area (Å²) in [5.74, 6) is -1.01. The highest BCUT2D eigenvalue weighted by atomic mass is 16.5. The minimum Gasteiger partial charge on any atom is -0.463 e. The molecule has 0 saturated heterocycles. The summed E-state index contributed by atoms with van der Waals surface area (Å²) in [7, 11) is 0. The molecule has 116 valence electrons. The number of nitrogens with one attached hydrogen (secondary N) is 1. The van der Waals surface area contributed by atoms with E-state index in [1.807, 2.05) is 6.07 Å². The summed E-state index contributed by atoms with van der Waals surface area (Å²) < 4.78 is 5.08. The summed E-state index contributed by atoms with van der Waals surface area (Å²) in [5, 5.41) is 2.61. The van der Waals surface area contributed by atoms with E-state index in [1.165, 1.54) is 6.92 Å². The number of imide groups is 1. The van der Waals surface area contributed by atoms with Crippen molar-refractivity contribution < 1.29 is 19.1 Å². The fraction of sp³-hybridized carbons (Fsp3) is 0.312. The number of benzene rings is 1. The molecule has 1 heterocycles. The van der Waals surface area contributed by atoms with E-state index < -0.39 is 23.9 Å². The number of esters is 1. The molecule has 0 spiro atoms. The van der Waals surface area contributed by atoms with Crippen molar-refractivity contribution in [1.29, 1.82) is 0 Å². The van der Waals surface area contributed by atoms with Gasteiger partial charge in [-0.3, -0.25) is 4.79 Å². The third kappa shape index (κ3) is 2.86. The molecule has 22 heavy (non-hydrogen) atoms. The standard InChI is InChI=1S/C16H18N2O4/c1-4-22-15(20)13-10(2)17-16(21)18(11(3)19)14(13)12-8-6-5-7-9-12/h5-10H,4H2,1-3H3,(H,17,21). The number of nitrogens with zero attached hydrogens (tertiary/aromatic N) is 1. The van der Waals surface area contributed by atoms with Gasteiger partial charge in [0.1, 0.15) is 0 Å². The lowest BCUT2D eigenvalue weighted by Crippen LogP contribution is -2.52. The smallest absolute Gasteiger partial charge is 0.338 e. The first-order chi connectivity index (χ1) is 10.5. The summed E-state index contributed by atoms with van der Waals surface area (Å²) in [6.45, 7) is 4.88. The minimum absolute atomic E-state index is 0.213. The van der Waals surface area contributed by atoms with Crippen LogP contribution in [-0.2, 0) is 14.3 Å². The van der Waals surface area contributed by atoms with Gasteiger partial charge in [-0.15, -0.1) is 0 Å². The van der Waals surface area contributed by atoms with Crippen LogP contribution in [0.15, 0.2) is 35.9 Å². The van der Waals surface area contributed by atoms with Crippen molar-refractivity contribution >= 4 is 23.6 Å². The van der Waals surface area contributed by atoms with Crippen LogP contribution in [0.3, 0.4) is 0 Å². The van der Waals surface area contributed by atoms with Crippen molar-refractivity contribution in [2.45, 2.75) is 26.8 Å². The summed E-state index contributed by atoms with van der Waals surface area (Å²) in [5.41, 5.74) is 1.16. The second kappa shape index (κ2) is 6.43. The Hall–Kier alpha value is -2.63. The maximum absolute atomic E-state index is 12.3. The van der Waals surface area contributed by atoms with Crippen LogP contribution in [0.25, 0.3) is 5.70 Å². The Morgan fingerprint density at radius 3 is 2.45 bits per heavy atom. The molecule has 1 atom stereocenters. The first kappa shape index (κ1) is 15.8. The van der Waals surface area contributed by atoms with E-state index in [1.54, 1.807) is 38.1 Å². The monoisotopic (exact) mass is 302 g/mol. The number of ether oxygens (including phenoxy) is 1. The van der Waals surface area contributed by atoms with Crippen molar-refractivity contribution in [2.75, 3.05) is 6.61 Å². The van der Waals surface area contributed by atoms with E-state index >= 15 is 0 Å². The molecule has 0 saturated carbocycles. The third-order valence-corrected chi connectivity index (χ3v) is 3.31. The van der Waals surface area contributed by atoms with Crippen molar-refractivity contribution in [1.82, 2.24) is 10.2 Å². The molecule has 0 radical (unpaired) electrons. The second-order valence-electron chi connectivity index (χ2n) is 4.87. The molecule has 6 nitrogen and oxygen atoms in total. The molecule has 0 fully saturated rings. The van der Waals surface area contributed by atoms with Crippen LogP contribution >= 0.6 is 0 Å². The van der Waals surface area contributed by atoms with Gasteiger partial charge in [0.2, 0.25) is 5.91 Å². The average Bonchev–Trinajstić information content (AvgIpc) is 2.47. The van der Waals surface area contributed by atoms with Crippen molar-refractivity contribution in [2.24, 2.45) is 0 Å². The maximum atomic E-state index is 12.3. The Morgan fingerprint density at radius 2 is 1.91 bits per heavy atom. The highest BCUT2D eigenvalue weighted by Crippen LogP contribution is 2.29. The van der Waals surface area contributed by atoms with Gasteiger partial charge < -0.3 is 10.1 Å². The van der Waals surface area contributed by atoms with Crippen molar-refractivity contribution in [3.63, 3.8) is 0 Å². The Kier molecular flexibility index (Phi) is 4.60. The second-order valence-corrected chi connectivity index (χ2v) is 4.87. The molecule has 1 aliphatic heterocycles. The number of carbonyl (C=O) groups excluding carboxylic acids is 3. The molecule has 1 unspecified atom stereocenters. The molecule has 0 bridgehead atoms. The predicted octanol–water partition coefficient (Wildman–Crippen LogP) is 1.92. The zero-order valence-corrected chi connectivity index (χ0v) is 12.8. The van der Waals surface area contributed by atoms with E-state index in [0.29, 0.717) is 5.56 Å². The lowest BCUT2D eigenvalue weighted by molar-refractivity contribution is -0.138. The molecule has 0 aromatic heterocycles. The van der Waals surface area contributed by atoms with Crippen LogP contribution in [-0.4, -0.2) is 35.5 Å². The third-order valence-electron chi connectivity index (χ3n) is 3.31. The van der Waals surface area contributed by atoms with Crippen LogP contribution in [0.4, 0.5) is 4.79 Å². The first-order valence-corrected chi connectivity index (χ1v) is 7.05. The topological polar surface area (TPSA) is 75.7 Å². The molecular weight excluding hydrogens is 284 g/mol. The minimum atomic E-state index is -0.549. The fourth-order valence-electron chi connectivity index (χ4n) is 2.41. The molecular formula is C16H18N2O4. The summed E-state index contributed by atoms with van der Waals surface area (Å²) in [6, 6.07) is 7.77. The van der Waals surface area contributed by atoms with E-state index in [0.717, 1.165) is 4.90 Å². The molecule has 2 rings (SSSR count).